The van der Waals surface area contributed by atoms with Gasteiger partial charge < -0.3 is 10.2 Å². The topological polar surface area (TPSA) is 35.6 Å². The highest BCUT2D eigenvalue weighted by molar-refractivity contribution is 5.79. The summed E-state index contributed by atoms with van der Waals surface area (Å²) in [5, 5.41) is 3.31. The molecule has 0 aromatic rings. The van der Waals surface area contributed by atoms with Crippen molar-refractivity contribution >= 4 is 5.91 Å². The van der Waals surface area contributed by atoms with Crippen molar-refractivity contribution in [3.8, 4) is 0 Å². The van der Waals surface area contributed by atoms with Crippen molar-refractivity contribution in [2.75, 3.05) is 32.7 Å². The van der Waals surface area contributed by atoms with Gasteiger partial charge in [-0.1, -0.05) is 0 Å². The second kappa shape index (κ2) is 6.52. The quantitative estimate of drug-likeness (QED) is 0.839. The van der Waals surface area contributed by atoms with Gasteiger partial charge in [-0.15, -0.1) is 0 Å². The molecule has 0 radical (unpaired) electrons. The number of amides is 1. The third-order valence-corrected chi connectivity index (χ3v) is 4.43. The number of alkyl halides is 3. The van der Waals surface area contributed by atoms with E-state index in [-0.39, 0.29) is 17.9 Å². The molecule has 2 heterocycles. The molecule has 4 nitrogen and oxygen atoms in total. The van der Waals surface area contributed by atoms with Crippen molar-refractivity contribution in [3.63, 3.8) is 0 Å². The number of piperidine rings is 1. The summed E-state index contributed by atoms with van der Waals surface area (Å²) in [5.74, 6) is 0.129. The molecule has 21 heavy (non-hydrogen) atoms. The van der Waals surface area contributed by atoms with E-state index in [1.54, 1.807) is 11.8 Å². The number of hydrogen-bond donors (Lipinski definition) is 1. The third kappa shape index (κ3) is 4.57. The van der Waals surface area contributed by atoms with Gasteiger partial charge in [0.2, 0.25) is 5.91 Å². The molecule has 0 bridgehead atoms. The highest BCUT2D eigenvalue weighted by Gasteiger charge is 2.37. The van der Waals surface area contributed by atoms with Crippen LogP contribution in [0.15, 0.2) is 0 Å². The van der Waals surface area contributed by atoms with Crippen LogP contribution in [0.4, 0.5) is 13.2 Å². The Kier molecular flexibility index (Phi) is 5.14. The van der Waals surface area contributed by atoms with Crippen LogP contribution in [-0.2, 0) is 4.79 Å². The van der Waals surface area contributed by atoms with Crippen LogP contribution >= 0.6 is 0 Å². The van der Waals surface area contributed by atoms with Gasteiger partial charge in [0.25, 0.3) is 0 Å². The van der Waals surface area contributed by atoms with Crippen LogP contribution in [-0.4, -0.2) is 66.7 Å². The van der Waals surface area contributed by atoms with E-state index in [0.29, 0.717) is 25.7 Å². The number of carbonyl (C=O) groups excluding carboxylic acids is 1. The molecule has 1 N–H and O–H groups in total. The maximum atomic E-state index is 12.5. The number of hydrogen-bond acceptors (Lipinski definition) is 3. The average molecular weight is 307 g/mol. The molecule has 1 unspecified atom stereocenters. The van der Waals surface area contributed by atoms with Crippen LogP contribution in [0.2, 0.25) is 0 Å². The summed E-state index contributed by atoms with van der Waals surface area (Å²) in [6.07, 6.45) is -2.54. The minimum Gasteiger partial charge on any atom is -0.340 e. The van der Waals surface area contributed by atoms with E-state index in [2.05, 4.69) is 12.2 Å². The molecule has 2 fully saturated rings. The zero-order chi connectivity index (χ0) is 15.6. The zero-order valence-corrected chi connectivity index (χ0v) is 12.6. The summed E-state index contributed by atoms with van der Waals surface area (Å²) in [4.78, 5) is 15.7. The Bertz CT molecular complexity index is 375. The number of rotatable bonds is 2. The van der Waals surface area contributed by atoms with Crippen molar-refractivity contribution in [3.05, 3.63) is 0 Å². The molecule has 2 saturated heterocycles. The monoisotopic (exact) mass is 307 g/mol. The zero-order valence-electron chi connectivity index (χ0n) is 12.6. The van der Waals surface area contributed by atoms with Crippen LogP contribution in [0.25, 0.3) is 0 Å². The van der Waals surface area contributed by atoms with Crippen molar-refractivity contribution in [1.82, 2.24) is 15.1 Å². The van der Waals surface area contributed by atoms with Gasteiger partial charge in [0, 0.05) is 37.6 Å². The van der Waals surface area contributed by atoms with Gasteiger partial charge >= 0.3 is 6.18 Å². The van der Waals surface area contributed by atoms with E-state index in [1.807, 2.05) is 0 Å². The standard InChI is InChI=1S/C14H24F3N3O/c1-10-7-12(3-4-18-10)13(21)19-5-6-20(11(2)8-19)9-14(15,16)17/h10-12,18H,3-9H2,1-2H3/t10-,11?,12-/m0/s1. The molecular weight excluding hydrogens is 283 g/mol. The smallest absolute Gasteiger partial charge is 0.340 e. The maximum Gasteiger partial charge on any atom is 0.401 e. The Hall–Kier alpha value is -0.820. The van der Waals surface area contributed by atoms with Crippen LogP contribution < -0.4 is 5.32 Å². The van der Waals surface area contributed by atoms with Gasteiger partial charge in [0.05, 0.1) is 6.54 Å². The lowest BCUT2D eigenvalue weighted by Crippen LogP contribution is -2.57. The summed E-state index contributed by atoms with van der Waals surface area (Å²) in [5.41, 5.74) is 0. The second-order valence-electron chi connectivity index (χ2n) is 6.30. The fraction of sp³-hybridized carbons (Fsp3) is 0.929. The Morgan fingerprint density at radius 3 is 2.57 bits per heavy atom. The lowest BCUT2D eigenvalue weighted by Gasteiger charge is -2.42. The predicted molar refractivity (Wildman–Crippen MR) is 73.9 cm³/mol. The van der Waals surface area contributed by atoms with Crippen LogP contribution in [0.5, 0.6) is 0 Å². The van der Waals surface area contributed by atoms with Crippen molar-refractivity contribution < 1.29 is 18.0 Å². The van der Waals surface area contributed by atoms with E-state index in [1.165, 1.54) is 4.90 Å². The van der Waals surface area contributed by atoms with E-state index in [0.717, 1.165) is 19.4 Å². The van der Waals surface area contributed by atoms with Crippen LogP contribution in [0, 0.1) is 5.92 Å². The first-order chi connectivity index (χ1) is 9.76. The lowest BCUT2D eigenvalue weighted by atomic mass is 9.91. The van der Waals surface area contributed by atoms with Crippen LogP contribution in [0.3, 0.4) is 0 Å². The molecule has 122 valence electrons. The fourth-order valence-corrected chi connectivity index (χ4v) is 3.28. The number of piperazine rings is 1. The molecule has 2 aliphatic heterocycles. The molecule has 2 rings (SSSR count). The van der Waals surface area contributed by atoms with Gasteiger partial charge in [0.1, 0.15) is 0 Å². The molecule has 0 aromatic carbocycles. The first kappa shape index (κ1) is 16.5. The minimum atomic E-state index is -4.18. The van der Waals surface area contributed by atoms with Crippen molar-refractivity contribution in [2.45, 2.75) is 44.9 Å². The largest absolute Gasteiger partial charge is 0.401 e. The lowest BCUT2D eigenvalue weighted by molar-refractivity contribution is -0.158. The molecule has 0 aromatic heterocycles. The third-order valence-electron chi connectivity index (χ3n) is 4.43. The Morgan fingerprint density at radius 2 is 2.00 bits per heavy atom. The van der Waals surface area contributed by atoms with E-state index in [4.69, 9.17) is 0 Å². The Morgan fingerprint density at radius 1 is 1.29 bits per heavy atom. The van der Waals surface area contributed by atoms with E-state index >= 15 is 0 Å². The number of carbonyl (C=O) groups is 1. The molecule has 0 saturated carbocycles. The maximum absolute atomic E-state index is 12.5. The summed E-state index contributed by atoms with van der Waals surface area (Å²) in [6, 6.07) is 0.0834. The number of nitrogens with one attached hydrogen (secondary N) is 1. The molecule has 0 aliphatic carbocycles. The summed E-state index contributed by atoms with van der Waals surface area (Å²) >= 11 is 0. The highest BCUT2D eigenvalue weighted by Crippen LogP contribution is 2.23. The minimum absolute atomic E-state index is 0.0163. The van der Waals surface area contributed by atoms with Gasteiger partial charge in [-0.2, -0.15) is 13.2 Å². The normalized spacial score (nSPS) is 32.2. The van der Waals surface area contributed by atoms with Gasteiger partial charge in [-0.25, -0.2) is 0 Å². The molecule has 3 atom stereocenters. The Balaban J connectivity index is 1.88. The summed E-state index contributed by atoms with van der Waals surface area (Å²) in [6.45, 7) is 4.86. The number of nitrogens with zero attached hydrogens (tertiary/aromatic N) is 2. The van der Waals surface area contributed by atoms with E-state index in [9.17, 15) is 18.0 Å². The number of halogens is 3. The Labute approximate surface area is 123 Å². The predicted octanol–water partition coefficient (Wildman–Crippen LogP) is 1.47. The SMILES string of the molecule is CC1CN(C(=O)[C@H]2CCN[C@@H](C)C2)CCN1CC(F)(F)F. The summed E-state index contributed by atoms with van der Waals surface area (Å²) in [7, 11) is 0. The average Bonchev–Trinajstić information content (AvgIpc) is 2.39. The molecule has 7 heteroatoms. The summed E-state index contributed by atoms with van der Waals surface area (Å²) < 4.78 is 37.4. The molecule has 0 spiro atoms. The fourth-order valence-electron chi connectivity index (χ4n) is 3.28. The van der Waals surface area contributed by atoms with Gasteiger partial charge in [0.15, 0.2) is 0 Å². The molecule has 2 aliphatic rings. The van der Waals surface area contributed by atoms with Gasteiger partial charge in [-0.3, -0.25) is 9.69 Å². The van der Waals surface area contributed by atoms with Crippen molar-refractivity contribution in [2.24, 2.45) is 5.92 Å². The molecule has 1 amide bonds. The van der Waals surface area contributed by atoms with Gasteiger partial charge in [-0.05, 0) is 33.2 Å². The first-order valence-corrected chi connectivity index (χ1v) is 7.59. The first-order valence-electron chi connectivity index (χ1n) is 7.59. The van der Waals surface area contributed by atoms with Crippen LogP contribution in [0.1, 0.15) is 26.7 Å². The van der Waals surface area contributed by atoms with Crippen molar-refractivity contribution in [1.29, 1.82) is 0 Å². The highest BCUT2D eigenvalue weighted by atomic mass is 19.4. The van der Waals surface area contributed by atoms with E-state index < -0.39 is 12.7 Å². The molecular formula is C14H24F3N3O. The second-order valence-corrected chi connectivity index (χ2v) is 6.30.